The van der Waals surface area contributed by atoms with Crippen LogP contribution in [0.1, 0.15) is 11.7 Å². The molecular weight excluding hydrogens is 162 g/mol. The summed E-state index contributed by atoms with van der Waals surface area (Å²) in [5.74, 6) is 0. The molecule has 0 fully saturated rings. The average Bonchev–Trinajstić information content (AvgIpc) is 2.21. The Morgan fingerprint density at radius 1 is 1.46 bits per heavy atom. The van der Waals surface area contributed by atoms with Gasteiger partial charge in [-0.3, -0.25) is 0 Å². The highest BCUT2D eigenvalue weighted by Gasteiger charge is 2.08. The summed E-state index contributed by atoms with van der Waals surface area (Å²) in [5, 5.41) is 8.80. The normalized spacial score (nSPS) is 11.6. The second-order valence-electron chi connectivity index (χ2n) is 2.54. The highest BCUT2D eigenvalue weighted by molar-refractivity contribution is 5.21. The van der Waals surface area contributed by atoms with Crippen molar-refractivity contribution in [2.75, 3.05) is 6.61 Å². The maximum Gasteiger partial charge on any atom is 0.169 e. The number of ether oxygens (including phenoxy) is 1. The van der Waals surface area contributed by atoms with Gasteiger partial charge in [-0.2, -0.15) is 5.26 Å². The van der Waals surface area contributed by atoms with Crippen LogP contribution in [0.2, 0.25) is 0 Å². The summed E-state index contributed by atoms with van der Waals surface area (Å²) in [6.45, 7) is 3.92. The SMILES string of the molecule is C=CCOC(C#N)c1ccccc1. The lowest BCUT2D eigenvalue weighted by Crippen LogP contribution is -2.01. The van der Waals surface area contributed by atoms with Gasteiger partial charge in [0.1, 0.15) is 0 Å². The van der Waals surface area contributed by atoms with E-state index in [1.54, 1.807) is 6.08 Å². The van der Waals surface area contributed by atoms with Gasteiger partial charge >= 0.3 is 0 Å². The topological polar surface area (TPSA) is 33.0 Å². The van der Waals surface area contributed by atoms with Crippen LogP contribution in [0.3, 0.4) is 0 Å². The third-order valence-corrected chi connectivity index (χ3v) is 1.60. The molecule has 0 radical (unpaired) electrons. The predicted molar refractivity (Wildman–Crippen MR) is 50.9 cm³/mol. The maximum atomic E-state index is 8.80. The molecule has 1 aromatic rings. The Morgan fingerprint density at radius 3 is 2.69 bits per heavy atom. The molecule has 0 aliphatic rings. The van der Waals surface area contributed by atoms with E-state index in [9.17, 15) is 0 Å². The number of hydrogen-bond donors (Lipinski definition) is 0. The molecule has 0 heterocycles. The first-order valence-corrected chi connectivity index (χ1v) is 4.05. The number of hydrogen-bond acceptors (Lipinski definition) is 2. The highest BCUT2D eigenvalue weighted by atomic mass is 16.5. The van der Waals surface area contributed by atoms with Gasteiger partial charge in [-0.15, -0.1) is 6.58 Å². The molecular formula is C11H11NO. The van der Waals surface area contributed by atoms with Crippen LogP contribution in [0.25, 0.3) is 0 Å². The van der Waals surface area contributed by atoms with Crippen molar-refractivity contribution in [3.63, 3.8) is 0 Å². The summed E-state index contributed by atoms with van der Waals surface area (Å²) in [4.78, 5) is 0. The first kappa shape index (κ1) is 9.50. The standard InChI is InChI=1S/C11H11NO/c1-2-8-13-11(9-12)10-6-4-3-5-7-10/h2-7,11H,1,8H2. The first-order valence-electron chi connectivity index (χ1n) is 4.05. The highest BCUT2D eigenvalue weighted by Crippen LogP contribution is 2.15. The van der Waals surface area contributed by atoms with Crippen LogP contribution in [0.4, 0.5) is 0 Å². The van der Waals surface area contributed by atoms with E-state index in [0.29, 0.717) is 6.61 Å². The van der Waals surface area contributed by atoms with Crippen LogP contribution in [0.15, 0.2) is 43.0 Å². The molecule has 13 heavy (non-hydrogen) atoms. The molecule has 0 amide bonds. The van der Waals surface area contributed by atoms with Crippen LogP contribution >= 0.6 is 0 Å². The van der Waals surface area contributed by atoms with Crippen LogP contribution in [0.5, 0.6) is 0 Å². The largest absolute Gasteiger partial charge is 0.355 e. The molecule has 0 aromatic heterocycles. The summed E-state index contributed by atoms with van der Waals surface area (Å²) in [7, 11) is 0. The second kappa shape index (κ2) is 5.13. The minimum atomic E-state index is -0.487. The van der Waals surface area contributed by atoms with Gasteiger partial charge in [0.15, 0.2) is 6.10 Å². The van der Waals surface area contributed by atoms with Gasteiger partial charge in [-0.05, 0) is 5.56 Å². The second-order valence-corrected chi connectivity index (χ2v) is 2.54. The van der Waals surface area contributed by atoms with Crippen molar-refractivity contribution in [3.05, 3.63) is 48.6 Å². The summed E-state index contributed by atoms with van der Waals surface area (Å²) in [6.07, 6.45) is 1.15. The van der Waals surface area contributed by atoms with E-state index in [1.165, 1.54) is 0 Å². The zero-order chi connectivity index (χ0) is 9.52. The molecule has 1 unspecified atom stereocenters. The lowest BCUT2D eigenvalue weighted by atomic mass is 10.1. The fourth-order valence-electron chi connectivity index (χ4n) is 1.00. The van der Waals surface area contributed by atoms with Crippen molar-refractivity contribution < 1.29 is 4.74 Å². The van der Waals surface area contributed by atoms with Crippen molar-refractivity contribution in [1.82, 2.24) is 0 Å². The predicted octanol–water partition coefficient (Wildman–Crippen LogP) is 2.45. The van der Waals surface area contributed by atoms with Crippen LogP contribution in [-0.2, 0) is 4.74 Å². The Bertz CT molecular complexity index is 300. The average molecular weight is 173 g/mol. The van der Waals surface area contributed by atoms with E-state index in [1.807, 2.05) is 30.3 Å². The molecule has 1 atom stereocenters. The summed E-state index contributed by atoms with van der Waals surface area (Å²) in [5.41, 5.74) is 0.881. The lowest BCUT2D eigenvalue weighted by molar-refractivity contribution is 0.115. The van der Waals surface area contributed by atoms with Crippen molar-refractivity contribution in [1.29, 1.82) is 5.26 Å². The zero-order valence-electron chi connectivity index (χ0n) is 7.31. The molecule has 0 spiro atoms. The minimum absolute atomic E-state index is 0.396. The van der Waals surface area contributed by atoms with Gasteiger partial charge in [0.25, 0.3) is 0 Å². The molecule has 1 rings (SSSR count). The molecule has 2 nitrogen and oxygen atoms in total. The van der Waals surface area contributed by atoms with E-state index >= 15 is 0 Å². The number of nitriles is 1. The first-order chi connectivity index (χ1) is 6.38. The molecule has 0 aliphatic carbocycles. The van der Waals surface area contributed by atoms with Gasteiger partial charge in [0, 0.05) is 0 Å². The van der Waals surface area contributed by atoms with E-state index in [2.05, 4.69) is 12.6 Å². The molecule has 1 aromatic carbocycles. The zero-order valence-corrected chi connectivity index (χ0v) is 7.31. The van der Waals surface area contributed by atoms with Crippen molar-refractivity contribution >= 4 is 0 Å². The molecule has 66 valence electrons. The number of benzene rings is 1. The smallest absolute Gasteiger partial charge is 0.169 e. The van der Waals surface area contributed by atoms with Crippen LogP contribution in [-0.4, -0.2) is 6.61 Å². The summed E-state index contributed by atoms with van der Waals surface area (Å²) >= 11 is 0. The Morgan fingerprint density at radius 2 is 2.15 bits per heavy atom. The summed E-state index contributed by atoms with van der Waals surface area (Å²) in [6, 6.07) is 11.5. The molecule has 0 aliphatic heterocycles. The maximum absolute atomic E-state index is 8.80. The fraction of sp³-hybridized carbons (Fsp3) is 0.182. The van der Waals surface area contributed by atoms with Crippen molar-refractivity contribution in [2.45, 2.75) is 6.10 Å². The number of nitrogens with zero attached hydrogens (tertiary/aromatic N) is 1. The van der Waals surface area contributed by atoms with Crippen molar-refractivity contribution in [2.24, 2.45) is 0 Å². The van der Waals surface area contributed by atoms with Gasteiger partial charge in [0.2, 0.25) is 0 Å². The monoisotopic (exact) mass is 173 g/mol. The Hall–Kier alpha value is -1.59. The molecule has 0 N–H and O–H groups in total. The van der Waals surface area contributed by atoms with E-state index < -0.39 is 6.10 Å². The van der Waals surface area contributed by atoms with Gasteiger partial charge < -0.3 is 4.74 Å². The molecule has 2 heteroatoms. The van der Waals surface area contributed by atoms with E-state index in [0.717, 1.165) is 5.56 Å². The van der Waals surface area contributed by atoms with Gasteiger partial charge in [-0.1, -0.05) is 36.4 Å². The Kier molecular flexibility index (Phi) is 3.74. The van der Waals surface area contributed by atoms with E-state index in [4.69, 9.17) is 10.00 Å². The van der Waals surface area contributed by atoms with Crippen LogP contribution < -0.4 is 0 Å². The minimum Gasteiger partial charge on any atom is -0.355 e. The lowest BCUT2D eigenvalue weighted by Gasteiger charge is -2.08. The number of rotatable bonds is 4. The third-order valence-electron chi connectivity index (χ3n) is 1.60. The molecule has 0 bridgehead atoms. The summed E-state index contributed by atoms with van der Waals surface area (Å²) < 4.78 is 5.25. The molecule has 0 saturated carbocycles. The Balaban J connectivity index is 2.68. The Labute approximate surface area is 78.1 Å². The molecule has 0 saturated heterocycles. The van der Waals surface area contributed by atoms with Crippen molar-refractivity contribution in [3.8, 4) is 6.07 Å². The fourth-order valence-corrected chi connectivity index (χ4v) is 1.00. The van der Waals surface area contributed by atoms with Gasteiger partial charge in [-0.25, -0.2) is 0 Å². The van der Waals surface area contributed by atoms with Crippen LogP contribution in [0, 0.1) is 11.3 Å². The van der Waals surface area contributed by atoms with E-state index in [-0.39, 0.29) is 0 Å². The third kappa shape index (κ3) is 2.73. The quantitative estimate of drug-likeness (QED) is 0.655. The van der Waals surface area contributed by atoms with Gasteiger partial charge in [0.05, 0.1) is 12.7 Å².